The van der Waals surface area contributed by atoms with Gasteiger partial charge in [0.25, 0.3) is 0 Å². The van der Waals surface area contributed by atoms with Crippen LogP contribution in [0.2, 0.25) is 0 Å². The van der Waals surface area contributed by atoms with Gasteiger partial charge in [-0.3, -0.25) is 4.79 Å². The lowest BCUT2D eigenvalue weighted by atomic mass is 9.75. The molecule has 0 unspecified atom stereocenters. The maximum atomic E-state index is 11.9. The zero-order chi connectivity index (χ0) is 12.3. The van der Waals surface area contributed by atoms with Crippen LogP contribution in [-0.2, 0) is 4.79 Å². The SMILES string of the molecule is CCC(=O)C(CC(C)(C)C)CC(C)(C)C. The summed E-state index contributed by atoms with van der Waals surface area (Å²) in [6.45, 7) is 15.3. The molecule has 0 amide bonds. The van der Waals surface area contributed by atoms with Gasteiger partial charge in [0.15, 0.2) is 0 Å². The molecule has 90 valence electrons. The van der Waals surface area contributed by atoms with E-state index >= 15 is 0 Å². The number of carbonyl (C=O) groups is 1. The summed E-state index contributed by atoms with van der Waals surface area (Å²) in [5.74, 6) is 0.676. The van der Waals surface area contributed by atoms with Crippen LogP contribution in [0.1, 0.15) is 67.7 Å². The van der Waals surface area contributed by atoms with Crippen LogP contribution in [0.4, 0.5) is 0 Å². The molecule has 0 bridgehead atoms. The molecule has 0 saturated carbocycles. The van der Waals surface area contributed by atoms with E-state index in [0.29, 0.717) is 12.2 Å². The molecule has 0 radical (unpaired) electrons. The van der Waals surface area contributed by atoms with E-state index in [1.165, 1.54) is 0 Å². The summed E-state index contributed by atoms with van der Waals surface area (Å²) in [6.07, 6.45) is 2.70. The summed E-state index contributed by atoms with van der Waals surface area (Å²) < 4.78 is 0. The highest BCUT2D eigenvalue weighted by Crippen LogP contribution is 2.33. The molecule has 0 N–H and O–H groups in total. The van der Waals surface area contributed by atoms with Crippen LogP contribution in [-0.4, -0.2) is 5.78 Å². The first-order chi connectivity index (χ1) is 6.55. The van der Waals surface area contributed by atoms with Crippen molar-refractivity contribution in [1.82, 2.24) is 0 Å². The summed E-state index contributed by atoms with van der Waals surface area (Å²) >= 11 is 0. The third kappa shape index (κ3) is 7.58. The number of hydrogen-bond donors (Lipinski definition) is 0. The number of ketones is 1. The van der Waals surface area contributed by atoms with Crippen LogP contribution >= 0.6 is 0 Å². The molecule has 0 aliphatic heterocycles. The van der Waals surface area contributed by atoms with Crippen molar-refractivity contribution >= 4 is 5.78 Å². The number of Topliss-reactive ketones (excluding diaryl/α,β-unsaturated/α-hetero) is 1. The van der Waals surface area contributed by atoms with E-state index < -0.39 is 0 Å². The van der Waals surface area contributed by atoms with E-state index in [9.17, 15) is 4.79 Å². The van der Waals surface area contributed by atoms with Gasteiger partial charge >= 0.3 is 0 Å². The first kappa shape index (κ1) is 14.7. The Morgan fingerprint density at radius 1 is 0.933 bits per heavy atom. The Bertz CT molecular complexity index is 186. The highest BCUT2D eigenvalue weighted by atomic mass is 16.1. The van der Waals surface area contributed by atoms with Crippen molar-refractivity contribution in [2.75, 3.05) is 0 Å². The molecule has 15 heavy (non-hydrogen) atoms. The van der Waals surface area contributed by atoms with Gasteiger partial charge in [0.1, 0.15) is 5.78 Å². The molecule has 0 atom stereocenters. The predicted octanol–water partition coefficient (Wildman–Crippen LogP) is 4.45. The van der Waals surface area contributed by atoms with Crippen LogP contribution < -0.4 is 0 Å². The minimum atomic E-state index is 0.245. The molecule has 0 rings (SSSR count). The largest absolute Gasteiger partial charge is 0.299 e. The van der Waals surface area contributed by atoms with Crippen molar-refractivity contribution in [2.24, 2.45) is 16.7 Å². The summed E-state index contributed by atoms with van der Waals surface area (Å²) in [4.78, 5) is 11.9. The Kier molecular flexibility index (Phi) is 5.02. The van der Waals surface area contributed by atoms with Gasteiger partial charge in [-0.1, -0.05) is 48.5 Å². The van der Waals surface area contributed by atoms with Gasteiger partial charge < -0.3 is 0 Å². The molecule has 0 aliphatic rings. The van der Waals surface area contributed by atoms with Crippen LogP contribution in [0, 0.1) is 16.7 Å². The second-order valence-electron chi connectivity index (χ2n) is 7.05. The fraction of sp³-hybridized carbons (Fsp3) is 0.929. The standard InChI is InChI=1S/C14H28O/c1-8-12(15)11(9-13(2,3)4)10-14(5,6)7/h11H,8-10H2,1-7H3. The first-order valence-electron chi connectivity index (χ1n) is 6.08. The lowest BCUT2D eigenvalue weighted by Gasteiger charge is -2.30. The Hall–Kier alpha value is -0.330. The normalized spacial score (nSPS) is 13.3. The molecule has 0 aromatic carbocycles. The van der Waals surface area contributed by atoms with E-state index in [0.717, 1.165) is 12.8 Å². The van der Waals surface area contributed by atoms with Crippen LogP contribution in [0.25, 0.3) is 0 Å². The molecular formula is C14H28O. The van der Waals surface area contributed by atoms with Crippen molar-refractivity contribution in [2.45, 2.75) is 67.7 Å². The molecule has 0 aromatic heterocycles. The van der Waals surface area contributed by atoms with Crippen molar-refractivity contribution < 1.29 is 4.79 Å². The summed E-state index contributed by atoms with van der Waals surface area (Å²) in [7, 11) is 0. The van der Waals surface area contributed by atoms with Gasteiger partial charge in [-0.05, 0) is 23.7 Å². The highest BCUT2D eigenvalue weighted by molar-refractivity contribution is 5.80. The van der Waals surface area contributed by atoms with E-state index in [1.54, 1.807) is 0 Å². The molecule has 0 heterocycles. The summed E-state index contributed by atoms with van der Waals surface area (Å²) in [6, 6.07) is 0. The molecule has 1 heteroatoms. The second kappa shape index (κ2) is 5.14. The zero-order valence-electron chi connectivity index (χ0n) is 11.6. The van der Waals surface area contributed by atoms with Gasteiger partial charge in [-0.2, -0.15) is 0 Å². The maximum Gasteiger partial charge on any atom is 0.135 e. The number of rotatable bonds is 4. The van der Waals surface area contributed by atoms with Crippen LogP contribution in [0.3, 0.4) is 0 Å². The number of carbonyl (C=O) groups excluding carboxylic acids is 1. The third-order valence-corrected chi connectivity index (χ3v) is 2.52. The lowest BCUT2D eigenvalue weighted by molar-refractivity contribution is -0.124. The Balaban J connectivity index is 4.53. The van der Waals surface area contributed by atoms with Crippen molar-refractivity contribution in [1.29, 1.82) is 0 Å². The van der Waals surface area contributed by atoms with Crippen molar-refractivity contribution in [3.63, 3.8) is 0 Å². The monoisotopic (exact) mass is 212 g/mol. The summed E-state index contributed by atoms with van der Waals surface area (Å²) in [5, 5.41) is 0. The van der Waals surface area contributed by atoms with Gasteiger partial charge in [-0.25, -0.2) is 0 Å². The smallest absolute Gasteiger partial charge is 0.135 e. The van der Waals surface area contributed by atoms with Gasteiger partial charge in [-0.15, -0.1) is 0 Å². The van der Waals surface area contributed by atoms with Crippen LogP contribution in [0.15, 0.2) is 0 Å². The highest BCUT2D eigenvalue weighted by Gasteiger charge is 2.27. The molecule has 1 nitrogen and oxygen atoms in total. The van der Waals surface area contributed by atoms with Crippen molar-refractivity contribution in [3.8, 4) is 0 Å². The maximum absolute atomic E-state index is 11.9. The number of hydrogen-bond acceptors (Lipinski definition) is 1. The summed E-state index contributed by atoms with van der Waals surface area (Å²) in [5.41, 5.74) is 0.501. The van der Waals surface area contributed by atoms with Gasteiger partial charge in [0.05, 0.1) is 0 Å². The van der Waals surface area contributed by atoms with E-state index in [-0.39, 0.29) is 16.7 Å². The van der Waals surface area contributed by atoms with Gasteiger partial charge in [0.2, 0.25) is 0 Å². The fourth-order valence-corrected chi connectivity index (χ4v) is 2.07. The van der Waals surface area contributed by atoms with E-state index in [2.05, 4.69) is 41.5 Å². The second-order valence-corrected chi connectivity index (χ2v) is 7.05. The first-order valence-corrected chi connectivity index (χ1v) is 6.08. The molecular weight excluding hydrogens is 184 g/mol. The molecule has 0 fully saturated rings. The Morgan fingerprint density at radius 3 is 1.47 bits per heavy atom. The molecule has 0 saturated heterocycles. The van der Waals surface area contributed by atoms with E-state index in [1.807, 2.05) is 6.92 Å². The average Bonchev–Trinajstić information content (AvgIpc) is 1.96. The molecule has 0 aromatic rings. The minimum absolute atomic E-state index is 0.245. The van der Waals surface area contributed by atoms with Crippen molar-refractivity contribution in [3.05, 3.63) is 0 Å². The Morgan fingerprint density at radius 2 is 1.27 bits per heavy atom. The third-order valence-electron chi connectivity index (χ3n) is 2.52. The minimum Gasteiger partial charge on any atom is -0.299 e. The Labute approximate surface area is 95.6 Å². The lowest BCUT2D eigenvalue weighted by Crippen LogP contribution is -2.25. The topological polar surface area (TPSA) is 17.1 Å². The quantitative estimate of drug-likeness (QED) is 0.672. The average molecular weight is 212 g/mol. The fourth-order valence-electron chi connectivity index (χ4n) is 2.07. The molecule has 0 aliphatic carbocycles. The van der Waals surface area contributed by atoms with Gasteiger partial charge in [0, 0.05) is 12.3 Å². The zero-order valence-corrected chi connectivity index (χ0v) is 11.6. The molecule has 0 spiro atoms. The van der Waals surface area contributed by atoms with E-state index in [4.69, 9.17) is 0 Å². The van der Waals surface area contributed by atoms with Crippen LogP contribution in [0.5, 0.6) is 0 Å². The predicted molar refractivity (Wildman–Crippen MR) is 66.9 cm³/mol.